The summed E-state index contributed by atoms with van der Waals surface area (Å²) in [5, 5.41) is 0. The van der Waals surface area contributed by atoms with E-state index in [2.05, 4.69) is 0 Å². The van der Waals surface area contributed by atoms with Gasteiger partial charge in [-0.1, -0.05) is 74.5 Å². The van der Waals surface area contributed by atoms with Crippen LogP contribution in [0.2, 0.25) is 0 Å². The minimum atomic E-state index is -0.436. The number of hydrogen-bond acceptors (Lipinski definition) is 3. The molecular weight excluding hydrogens is 360 g/mol. The Kier molecular flexibility index (Phi) is 6.71. The van der Waals surface area contributed by atoms with Gasteiger partial charge in [-0.25, -0.2) is 0 Å². The number of benzene rings is 3. The Morgan fingerprint density at radius 1 is 0.724 bits per heavy atom. The van der Waals surface area contributed by atoms with E-state index < -0.39 is 5.41 Å². The number of rotatable bonds is 9. The summed E-state index contributed by atoms with van der Waals surface area (Å²) >= 11 is 0. The van der Waals surface area contributed by atoms with Gasteiger partial charge in [-0.3, -0.25) is 4.79 Å². The Hall–Kier alpha value is -3.07. The summed E-state index contributed by atoms with van der Waals surface area (Å²) in [4.78, 5) is 12.0. The highest BCUT2D eigenvalue weighted by molar-refractivity contribution is 5.81. The molecule has 3 heteroatoms. The summed E-state index contributed by atoms with van der Waals surface area (Å²) in [6.45, 7) is 6.55. The van der Waals surface area contributed by atoms with Gasteiger partial charge in [0, 0.05) is 11.5 Å². The number of ether oxygens (including phenoxy) is 2. The minimum Gasteiger partial charge on any atom is -0.489 e. The second-order valence-electron chi connectivity index (χ2n) is 7.98. The van der Waals surface area contributed by atoms with Gasteiger partial charge in [0.25, 0.3) is 0 Å². The summed E-state index contributed by atoms with van der Waals surface area (Å²) < 4.78 is 12.1. The maximum Gasteiger partial charge on any atom is 0.135 e. The second kappa shape index (κ2) is 9.42. The summed E-state index contributed by atoms with van der Waals surface area (Å²) in [5.74, 6) is 1.65. The smallest absolute Gasteiger partial charge is 0.135 e. The molecule has 0 unspecified atom stereocenters. The fourth-order valence-electron chi connectivity index (χ4n) is 3.02. The number of Topliss-reactive ketones (excluding diaryl/α,β-unsaturated/α-hetero) is 1. The monoisotopic (exact) mass is 388 g/mol. The van der Waals surface area contributed by atoms with Crippen molar-refractivity contribution in [2.45, 2.75) is 40.4 Å². The number of ketones is 1. The predicted molar refractivity (Wildman–Crippen MR) is 116 cm³/mol. The molecule has 29 heavy (non-hydrogen) atoms. The molecule has 3 nitrogen and oxygen atoms in total. The van der Waals surface area contributed by atoms with Crippen LogP contribution < -0.4 is 9.47 Å². The first-order valence-corrected chi connectivity index (χ1v) is 9.91. The van der Waals surface area contributed by atoms with Gasteiger partial charge < -0.3 is 9.47 Å². The molecule has 0 radical (unpaired) electrons. The molecule has 0 saturated carbocycles. The summed E-state index contributed by atoms with van der Waals surface area (Å²) in [6.07, 6.45) is 0.632. The van der Waals surface area contributed by atoms with Crippen molar-refractivity contribution in [3.8, 4) is 11.5 Å². The molecule has 0 atom stereocenters. The van der Waals surface area contributed by atoms with Crippen LogP contribution in [0.3, 0.4) is 0 Å². The Bertz CT molecular complexity index is 869. The van der Waals surface area contributed by atoms with Crippen LogP contribution in [0.1, 0.15) is 37.5 Å². The topological polar surface area (TPSA) is 35.5 Å². The van der Waals surface area contributed by atoms with Gasteiger partial charge in [0.2, 0.25) is 0 Å². The first kappa shape index (κ1) is 20.7. The Labute approximate surface area is 173 Å². The fourth-order valence-corrected chi connectivity index (χ4v) is 3.02. The van der Waals surface area contributed by atoms with Gasteiger partial charge in [-0.05, 0) is 42.2 Å². The molecule has 0 bridgehead atoms. The lowest BCUT2D eigenvalue weighted by atomic mass is 9.82. The van der Waals surface area contributed by atoms with Crippen molar-refractivity contribution in [2.75, 3.05) is 0 Å². The molecule has 0 aliphatic rings. The summed E-state index contributed by atoms with van der Waals surface area (Å²) in [6, 6.07) is 26.0. The van der Waals surface area contributed by atoms with E-state index in [1.807, 2.05) is 92.7 Å². The number of carbonyl (C=O) groups is 1. The van der Waals surface area contributed by atoms with Crippen LogP contribution in [0.15, 0.2) is 78.9 Å². The van der Waals surface area contributed by atoms with Crippen LogP contribution in [0.25, 0.3) is 0 Å². The Morgan fingerprint density at radius 3 is 1.59 bits per heavy atom. The number of carbonyl (C=O) groups excluding carboxylic acids is 1. The lowest BCUT2D eigenvalue weighted by molar-refractivity contribution is -0.124. The maximum atomic E-state index is 12.0. The standard InChI is InChI=1S/C26H28O3/c1-20(27)26(2,3)17-23-14-24(28-18-21-10-6-4-7-11-21)16-25(15-23)29-19-22-12-8-5-9-13-22/h4-16H,17-19H2,1-3H3. The van der Waals surface area contributed by atoms with Crippen LogP contribution in [0.4, 0.5) is 0 Å². The normalized spacial score (nSPS) is 11.1. The van der Waals surface area contributed by atoms with Gasteiger partial charge >= 0.3 is 0 Å². The third-order valence-corrected chi connectivity index (χ3v) is 5.04. The molecule has 150 valence electrons. The minimum absolute atomic E-state index is 0.167. The second-order valence-corrected chi connectivity index (χ2v) is 7.98. The fraction of sp³-hybridized carbons (Fsp3) is 0.269. The highest BCUT2D eigenvalue weighted by atomic mass is 16.5. The summed E-state index contributed by atoms with van der Waals surface area (Å²) in [7, 11) is 0. The van der Waals surface area contributed by atoms with Crippen LogP contribution >= 0.6 is 0 Å². The molecular formula is C26H28O3. The molecule has 0 aromatic heterocycles. The van der Waals surface area contributed by atoms with Crippen LogP contribution in [-0.2, 0) is 24.4 Å². The molecule has 0 fully saturated rings. The van der Waals surface area contributed by atoms with Gasteiger partial charge in [0.15, 0.2) is 0 Å². The van der Waals surface area contributed by atoms with Crippen LogP contribution in [0, 0.1) is 5.41 Å². The first-order valence-electron chi connectivity index (χ1n) is 9.91. The van der Waals surface area contributed by atoms with Crippen molar-refractivity contribution < 1.29 is 14.3 Å². The van der Waals surface area contributed by atoms with Crippen molar-refractivity contribution in [1.82, 2.24) is 0 Å². The van der Waals surface area contributed by atoms with E-state index in [-0.39, 0.29) is 5.78 Å². The third kappa shape index (κ3) is 6.21. The van der Waals surface area contributed by atoms with E-state index >= 15 is 0 Å². The van der Waals surface area contributed by atoms with Gasteiger partial charge in [-0.2, -0.15) is 0 Å². The molecule has 3 rings (SSSR count). The molecule has 0 aliphatic carbocycles. The molecule has 0 saturated heterocycles. The molecule has 0 amide bonds. The van der Waals surface area contributed by atoms with E-state index in [9.17, 15) is 4.79 Å². The molecule has 0 aliphatic heterocycles. The lowest BCUT2D eigenvalue weighted by Crippen LogP contribution is -2.24. The highest BCUT2D eigenvalue weighted by Crippen LogP contribution is 2.30. The van der Waals surface area contributed by atoms with E-state index in [0.29, 0.717) is 19.6 Å². The lowest BCUT2D eigenvalue weighted by Gasteiger charge is -2.22. The van der Waals surface area contributed by atoms with Crippen molar-refractivity contribution >= 4 is 5.78 Å². The van der Waals surface area contributed by atoms with Crippen molar-refractivity contribution in [1.29, 1.82) is 0 Å². The van der Waals surface area contributed by atoms with E-state index in [1.54, 1.807) is 6.92 Å². The van der Waals surface area contributed by atoms with E-state index in [1.165, 1.54) is 0 Å². The summed E-state index contributed by atoms with van der Waals surface area (Å²) in [5.41, 5.74) is 2.80. The quantitative estimate of drug-likeness (QED) is 0.451. The van der Waals surface area contributed by atoms with E-state index in [4.69, 9.17) is 9.47 Å². The molecule has 0 spiro atoms. The average Bonchev–Trinajstić information content (AvgIpc) is 2.72. The Morgan fingerprint density at radius 2 is 1.17 bits per heavy atom. The van der Waals surface area contributed by atoms with Crippen LogP contribution in [-0.4, -0.2) is 5.78 Å². The number of hydrogen-bond donors (Lipinski definition) is 0. The van der Waals surface area contributed by atoms with Gasteiger partial charge in [-0.15, -0.1) is 0 Å². The molecule has 0 N–H and O–H groups in total. The SMILES string of the molecule is CC(=O)C(C)(C)Cc1cc(OCc2ccccc2)cc(OCc2ccccc2)c1. The molecule has 0 heterocycles. The molecule has 3 aromatic carbocycles. The van der Waals surface area contributed by atoms with Crippen LogP contribution in [0.5, 0.6) is 11.5 Å². The van der Waals surface area contributed by atoms with Crippen molar-refractivity contribution in [3.63, 3.8) is 0 Å². The first-order chi connectivity index (χ1) is 13.9. The third-order valence-electron chi connectivity index (χ3n) is 5.04. The predicted octanol–water partition coefficient (Wildman–Crippen LogP) is 6.00. The van der Waals surface area contributed by atoms with Gasteiger partial charge in [0.1, 0.15) is 30.5 Å². The Balaban J connectivity index is 1.79. The molecule has 3 aromatic rings. The highest BCUT2D eigenvalue weighted by Gasteiger charge is 2.24. The van der Waals surface area contributed by atoms with E-state index in [0.717, 1.165) is 28.2 Å². The zero-order chi connectivity index (χ0) is 20.7. The van der Waals surface area contributed by atoms with Crippen molar-refractivity contribution in [2.24, 2.45) is 5.41 Å². The largest absolute Gasteiger partial charge is 0.489 e. The zero-order valence-electron chi connectivity index (χ0n) is 17.4. The van der Waals surface area contributed by atoms with Gasteiger partial charge in [0.05, 0.1) is 0 Å². The zero-order valence-corrected chi connectivity index (χ0v) is 17.4. The van der Waals surface area contributed by atoms with Crippen molar-refractivity contribution in [3.05, 3.63) is 95.6 Å². The average molecular weight is 389 g/mol. The maximum absolute atomic E-state index is 12.0.